The van der Waals surface area contributed by atoms with Gasteiger partial charge in [-0.2, -0.15) is 0 Å². The minimum atomic E-state index is -0.427. The van der Waals surface area contributed by atoms with Crippen LogP contribution < -0.4 is 10.2 Å². The molecule has 6 nitrogen and oxygen atoms in total. The minimum Gasteiger partial charge on any atom is -0.347 e. The summed E-state index contributed by atoms with van der Waals surface area (Å²) >= 11 is 11.8. The predicted molar refractivity (Wildman–Crippen MR) is 91.5 cm³/mol. The maximum atomic E-state index is 12.4. The number of nitrogens with zero attached hydrogens (tertiary/aromatic N) is 1. The van der Waals surface area contributed by atoms with Crippen molar-refractivity contribution >= 4 is 40.9 Å². The summed E-state index contributed by atoms with van der Waals surface area (Å²) < 4.78 is 0. The number of quaternary nitrogens is 1. The molecule has 24 heavy (non-hydrogen) atoms. The van der Waals surface area contributed by atoms with Gasteiger partial charge in [0, 0.05) is 5.54 Å². The first-order valence-electron chi connectivity index (χ1n) is 7.47. The Kier molecular flexibility index (Phi) is 5.22. The van der Waals surface area contributed by atoms with Crippen molar-refractivity contribution in [1.29, 1.82) is 0 Å². The lowest BCUT2D eigenvalue weighted by Crippen LogP contribution is -3.12. The molecule has 0 aliphatic carbocycles. The standard InChI is InChI=1S/C16H19Cl2N3O3/c1-16(2,3)19-13(22)7-20(4)8-21-14(23)9-5-11(17)12(18)6-10(9)15(21)24/h5-6H,7-8H2,1-4H3,(H,19,22)/p+1. The van der Waals surface area contributed by atoms with Crippen LogP contribution >= 0.6 is 23.2 Å². The highest BCUT2D eigenvalue weighted by atomic mass is 35.5. The number of likely N-dealkylation sites (N-methyl/N-ethyl adjacent to an activating group) is 1. The van der Waals surface area contributed by atoms with E-state index in [4.69, 9.17) is 23.2 Å². The zero-order valence-electron chi connectivity index (χ0n) is 14.0. The third kappa shape index (κ3) is 4.06. The van der Waals surface area contributed by atoms with Crippen LogP contribution in [0.15, 0.2) is 12.1 Å². The summed E-state index contributed by atoms with van der Waals surface area (Å²) in [6, 6.07) is 2.81. The topological polar surface area (TPSA) is 70.9 Å². The number of benzene rings is 1. The number of fused-ring (bicyclic) bond motifs is 1. The molecular weight excluding hydrogens is 353 g/mol. The van der Waals surface area contributed by atoms with Crippen LogP contribution in [0.5, 0.6) is 0 Å². The lowest BCUT2D eigenvalue weighted by Gasteiger charge is -2.23. The Bertz CT molecular complexity index is 672. The lowest BCUT2D eigenvalue weighted by atomic mass is 10.1. The van der Waals surface area contributed by atoms with Crippen molar-refractivity contribution < 1.29 is 19.3 Å². The molecule has 1 aliphatic heterocycles. The van der Waals surface area contributed by atoms with E-state index >= 15 is 0 Å². The van der Waals surface area contributed by atoms with E-state index in [1.54, 1.807) is 7.05 Å². The SMILES string of the molecule is C[NH+](CC(=O)NC(C)(C)C)CN1C(=O)c2cc(Cl)c(Cl)cc2C1=O. The predicted octanol–water partition coefficient (Wildman–Crippen LogP) is 0.976. The molecule has 0 spiro atoms. The third-order valence-corrected chi connectivity index (χ3v) is 4.14. The Hall–Kier alpha value is -1.63. The molecule has 2 N–H and O–H groups in total. The van der Waals surface area contributed by atoms with Crippen molar-refractivity contribution in [2.75, 3.05) is 20.3 Å². The van der Waals surface area contributed by atoms with Crippen LogP contribution in [0.1, 0.15) is 41.5 Å². The Balaban J connectivity index is 2.08. The molecule has 3 amide bonds. The Morgan fingerprint density at radius 2 is 1.58 bits per heavy atom. The number of hydrogen-bond donors (Lipinski definition) is 2. The lowest BCUT2D eigenvalue weighted by molar-refractivity contribution is -0.878. The average Bonchev–Trinajstić information content (AvgIpc) is 2.62. The quantitative estimate of drug-likeness (QED) is 0.773. The number of hydrogen-bond acceptors (Lipinski definition) is 3. The van der Waals surface area contributed by atoms with E-state index < -0.39 is 11.8 Å². The molecule has 1 aromatic carbocycles. The van der Waals surface area contributed by atoms with Crippen LogP contribution in [0.3, 0.4) is 0 Å². The first kappa shape index (κ1) is 18.7. The number of halogens is 2. The number of nitrogens with one attached hydrogen (secondary N) is 2. The van der Waals surface area contributed by atoms with Crippen molar-refractivity contribution in [2.24, 2.45) is 0 Å². The smallest absolute Gasteiger partial charge is 0.275 e. The highest BCUT2D eigenvalue weighted by Gasteiger charge is 2.38. The molecule has 1 aromatic rings. The second kappa shape index (κ2) is 6.70. The van der Waals surface area contributed by atoms with Crippen molar-refractivity contribution in [3.8, 4) is 0 Å². The molecule has 1 heterocycles. The number of imide groups is 1. The fourth-order valence-corrected chi connectivity index (χ4v) is 2.82. The molecule has 0 saturated carbocycles. The van der Waals surface area contributed by atoms with Gasteiger partial charge in [-0.1, -0.05) is 23.2 Å². The molecular formula is C16H20Cl2N3O3+. The summed E-state index contributed by atoms with van der Waals surface area (Å²) in [6.45, 7) is 5.89. The first-order valence-corrected chi connectivity index (χ1v) is 8.23. The van der Waals surface area contributed by atoms with Gasteiger partial charge < -0.3 is 10.2 Å². The van der Waals surface area contributed by atoms with Crippen LogP contribution in [0, 0.1) is 0 Å². The van der Waals surface area contributed by atoms with Crippen molar-refractivity contribution in [3.63, 3.8) is 0 Å². The molecule has 0 bridgehead atoms. The summed E-state index contributed by atoms with van der Waals surface area (Å²) in [6.07, 6.45) is 0. The molecule has 1 atom stereocenters. The van der Waals surface area contributed by atoms with Gasteiger partial charge in [0.2, 0.25) is 0 Å². The maximum absolute atomic E-state index is 12.4. The van der Waals surface area contributed by atoms with Gasteiger partial charge in [0.05, 0.1) is 28.2 Å². The van der Waals surface area contributed by atoms with E-state index in [1.165, 1.54) is 12.1 Å². The van der Waals surface area contributed by atoms with E-state index in [0.29, 0.717) is 4.90 Å². The van der Waals surface area contributed by atoms with Crippen molar-refractivity contribution in [3.05, 3.63) is 33.3 Å². The summed E-state index contributed by atoms with van der Waals surface area (Å²) in [5.74, 6) is -1.00. The highest BCUT2D eigenvalue weighted by Crippen LogP contribution is 2.30. The fraction of sp³-hybridized carbons (Fsp3) is 0.438. The second-order valence-corrected chi connectivity index (χ2v) is 7.75. The van der Waals surface area contributed by atoms with E-state index in [-0.39, 0.29) is 45.8 Å². The first-order chi connectivity index (χ1) is 11.0. The summed E-state index contributed by atoms with van der Waals surface area (Å²) in [5.41, 5.74) is 0.142. The summed E-state index contributed by atoms with van der Waals surface area (Å²) in [5, 5.41) is 3.30. The van der Waals surface area contributed by atoms with Gasteiger partial charge in [-0.3, -0.25) is 14.4 Å². The third-order valence-electron chi connectivity index (χ3n) is 3.42. The monoisotopic (exact) mass is 372 g/mol. The van der Waals surface area contributed by atoms with E-state index in [1.807, 2.05) is 20.8 Å². The number of carbonyl (C=O) groups is 3. The van der Waals surface area contributed by atoms with Gasteiger partial charge in [-0.15, -0.1) is 0 Å². The largest absolute Gasteiger partial charge is 0.347 e. The molecule has 130 valence electrons. The summed E-state index contributed by atoms with van der Waals surface area (Å²) in [4.78, 5) is 38.6. The van der Waals surface area contributed by atoms with Gasteiger partial charge in [-0.25, -0.2) is 4.90 Å². The molecule has 1 unspecified atom stereocenters. The van der Waals surface area contributed by atoms with Crippen molar-refractivity contribution in [2.45, 2.75) is 26.3 Å². The van der Waals surface area contributed by atoms with Gasteiger partial charge in [0.25, 0.3) is 17.7 Å². The van der Waals surface area contributed by atoms with E-state index in [9.17, 15) is 14.4 Å². The molecule has 0 saturated heterocycles. The van der Waals surface area contributed by atoms with Crippen LogP contribution in [0.25, 0.3) is 0 Å². The zero-order chi connectivity index (χ0) is 18.2. The van der Waals surface area contributed by atoms with Gasteiger partial charge in [0.1, 0.15) is 0 Å². The van der Waals surface area contributed by atoms with Gasteiger partial charge in [0.15, 0.2) is 13.2 Å². The second-order valence-electron chi connectivity index (χ2n) is 6.94. The number of amides is 3. The normalized spacial score (nSPS) is 15.5. The molecule has 0 fully saturated rings. The molecule has 2 rings (SSSR count). The zero-order valence-corrected chi connectivity index (χ0v) is 15.5. The Morgan fingerprint density at radius 3 is 2.00 bits per heavy atom. The molecule has 0 aromatic heterocycles. The van der Waals surface area contributed by atoms with Gasteiger partial charge in [-0.05, 0) is 32.9 Å². The van der Waals surface area contributed by atoms with E-state index in [0.717, 1.165) is 4.90 Å². The Labute approximate surface area is 150 Å². The molecule has 8 heteroatoms. The van der Waals surface area contributed by atoms with E-state index in [2.05, 4.69) is 5.32 Å². The Morgan fingerprint density at radius 1 is 1.12 bits per heavy atom. The van der Waals surface area contributed by atoms with Crippen LogP contribution in [0.2, 0.25) is 10.0 Å². The average molecular weight is 373 g/mol. The van der Waals surface area contributed by atoms with Crippen LogP contribution in [-0.4, -0.2) is 48.4 Å². The summed E-state index contributed by atoms with van der Waals surface area (Å²) in [7, 11) is 1.74. The number of carbonyl (C=O) groups excluding carboxylic acids is 3. The van der Waals surface area contributed by atoms with Crippen LogP contribution in [-0.2, 0) is 4.79 Å². The molecule has 1 aliphatic rings. The van der Waals surface area contributed by atoms with Crippen molar-refractivity contribution in [1.82, 2.24) is 10.2 Å². The van der Waals surface area contributed by atoms with Crippen LogP contribution in [0.4, 0.5) is 0 Å². The minimum absolute atomic E-state index is 0.0825. The maximum Gasteiger partial charge on any atom is 0.275 e. The van der Waals surface area contributed by atoms with Gasteiger partial charge >= 0.3 is 0 Å². The molecule has 0 radical (unpaired) electrons. The fourth-order valence-electron chi connectivity index (χ4n) is 2.49. The highest BCUT2D eigenvalue weighted by molar-refractivity contribution is 6.43. The number of rotatable bonds is 4.